The largest absolute Gasteiger partial charge is 0.416 e. The number of nitrogens with zero attached hydrogens (tertiary/aromatic N) is 2. The first-order valence-corrected chi connectivity index (χ1v) is 8.24. The number of alkyl halides is 3. The Morgan fingerprint density at radius 3 is 2.26 bits per heavy atom. The van der Waals surface area contributed by atoms with Crippen molar-refractivity contribution >= 4 is 23.2 Å². The van der Waals surface area contributed by atoms with E-state index in [1.165, 1.54) is 24.5 Å². The zero-order valence-corrected chi connectivity index (χ0v) is 14.3. The number of primary amides is 1. The summed E-state index contributed by atoms with van der Waals surface area (Å²) in [6.45, 7) is 3.69. The first kappa shape index (κ1) is 18.7. The summed E-state index contributed by atoms with van der Waals surface area (Å²) in [5.41, 5.74) is 5.38. The number of benzene rings is 1. The van der Waals surface area contributed by atoms with Crippen molar-refractivity contribution in [1.82, 2.24) is 9.97 Å². The third-order valence-electron chi connectivity index (χ3n) is 4.46. The molecule has 1 amide bonds. The lowest BCUT2D eigenvalue weighted by Gasteiger charge is -2.36. The standard InChI is InChI=1S/C18H18F3N5O/c1-10(15(22)27)11-8-14(9-11)26-17-16(23-6-7-24-17)25-13-4-2-12(3-5-13)18(19,20)21/h2-7,11,14H,1,8-9H2,(H2,22,27)(H,23,25)(H,24,26). The van der Waals surface area contributed by atoms with Crippen LogP contribution in [0.3, 0.4) is 0 Å². The van der Waals surface area contributed by atoms with Crippen LogP contribution in [0, 0.1) is 5.92 Å². The molecule has 1 saturated carbocycles. The molecule has 1 fully saturated rings. The van der Waals surface area contributed by atoms with Crippen LogP contribution in [0.15, 0.2) is 48.8 Å². The summed E-state index contributed by atoms with van der Waals surface area (Å²) in [6.07, 6.45) is -0.00151. The first-order valence-electron chi connectivity index (χ1n) is 8.24. The van der Waals surface area contributed by atoms with Gasteiger partial charge in [-0.25, -0.2) is 9.97 Å². The lowest BCUT2D eigenvalue weighted by atomic mass is 9.75. The van der Waals surface area contributed by atoms with E-state index in [1.807, 2.05) is 0 Å². The molecule has 1 aliphatic rings. The van der Waals surface area contributed by atoms with E-state index >= 15 is 0 Å². The summed E-state index contributed by atoms with van der Waals surface area (Å²) in [6, 6.07) is 4.74. The van der Waals surface area contributed by atoms with E-state index in [4.69, 9.17) is 5.73 Å². The SMILES string of the molecule is C=C(C(N)=O)C1CC(Nc2nccnc2Nc2ccc(C(F)(F)F)cc2)C1. The fourth-order valence-corrected chi connectivity index (χ4v) is 2.83. The Kier molecular flexibility index (Phi) is 5.02. The summed E-state index contributed by atoms with van der Waals surface area (Å²) in [4.78, 5) is 19.6. The summed E-state index contributed by atoms with van der Waals surface area (Å²) >= 11 is 0. The molecule has 0 spiro atoms. The van der Waals surface area contributed by atoms with Crippen LogP contribution in [0.2, 0.25) is 0 Å². The molecule has 2 aromatic rings. The van der Waals surface area contributed by atoms with Crippen LogP contribution in [0.1, 0.15) is 18.4 Å². The van der Waals surface area contributed by atoms with Crippen molar-refractivity contribution in [3.05, 3.63) is 54.4 Å². The van der Waals surface area contributed by atoms with Gasteiger partial charge in [0.05, 0.1) is 5.56 Å². The first-order chi connectivity index (χ1) is 12.7. The maximum Gasteiger partial charge on any atom is 0.416 e. The van der Waals surface area contributed by atoms with Crippen LogP contribution in [-0.4, -0.2) is 21.9 Å². The van der Waals surface area contributed by atoms with Crippen molar-refractivity contribution in [2.24, 2.45) is 11.7 Å². The second-order valence-corrected chi connectivity index (χ2v) is 6.35. The van der Waals surface area contributed by atoms with Gasteiger partial charge in [0.2, 0.25) is 5.91 Å². The lowest BCUT2D eigenvalue weighted by molar-refractivity contribution is -0.137. The predicted octanol–water partition coefficient (Wildman–Crippen LogP) is 3.47. The smallest absolute Gasteiger partial charge is 0.366 e. The molecule has 6 nitrogen and oxygen atoms in total. The number of rotatable bonds is 6. The third-order valence-corrected chi connectivity index (χ3v) is 4.46. The molecule has 1 aliphatic carbocycles. The maximum absolute atomic E-state index is 12.6. The molecule has 0 unspecified atom stereocenters. The topological polar surface area (TPSA) is 92.9 Å². The molecule has 1 aromatic carbocycles. The molecule has 27 heavy (non-hydrogen) atoms. The molecule has 1 aromatic heterocycles. The Labute approximate surface area is 153 Å². The fourth-order valence-electron chi connectivity index (χ4n) is 2.83. The molecule has 0 aliphatic heterocycles. The quantitative estimate of drug-likeness (QED) is 0.671. The van der Waals surface area contributed by atoms with E-state index in [2.05, 4.69) is 27.2 Å². The molecular formula is C18H18F3N5O. The maximum atomic E-state index is 12.6. The van der Waals surface area contributed by atoms with Crippen molar-refractivity contribution in [3.63, 3.8) is 0 Å². The molecule has 3 rings (SSSR count). The van der Waals surface area contributed by atoms with Gasteiger partial charge < -0.3 is 16.4 Å². The Hall–Kier alpha value is -3.10. The van der Waals surface area contributed by atoms with Gasteiger partial charge >= 0.3 is 6.18 Å². The van der Waals surface area contributed by atoms with Gasteiger partial charge in [-0.15, -0.1) is 0 Å². The van der Waals surface area contributed by atoms with E-state index in [1.54, 1.807) is 0 Å². The van der Waals surface area contributed by atoms with Crippen molar-refractivity contribution in [2.45, 2.75) is 25.1 Å². The van der Waals surface area contributed by atoms with Crippen molar-refractivity contribution < 1.29 is 18.0 Å². The number of aromatic nitrogens is 2. The minimum atomic E-state index is -4.38. The highest BCUT2D eigenvalue weighted by molar-refractivity contribution is 5.92. The van der Waals surface area contributed by atoms with Gasteiger partial charge in [-0.05, 0) is 43.0 Å². The van der Waals surface area contributed by atoms with Crippen molar-refractivity contribution in [3.8, 4) is 0 Å². The number of carbonyl (C=O) groups is 1. The van der Waals surface area contributed by atoms with Crippen LogP contribution >= 0.6 is 0 Å². The molecule has 0 bridgehead atoms. The average molecular weight is 377 g/mol. The Morgan fingerprint density at radius 1 is 1.11 bits per heavy atom. The van der Waals surface area contributed by atoms with Gasteiger partial charge in [0.25, 0.3) is 0 Å². The molecule has 0 saturated heterocycles. The normalized spacial score (nSPS) is 19.1. The van der Waals surface area contributed by atoms with Gasteiger partial charge in [-0.2, -0.15) is 13.2 Å². The van der Waals surface area contributed by atoms with E-state index in [0.717, 1.165) is 12.1 Å². The summed E-state index contributed by atoms with van der Waals surface area (Å²) in [7, 11) is 0. The molecule has 0 radical (unpaired) electrons. The Balaban J connectivity index is 1.65. The molecular weight excluding hydrogens is 359 g/mol. The summed E-state index contributed by atoms with van der Waals surface area (Å²) in [5.74, 6) is 0.422. The predicted molar refractivity (Wildman–Crippen MR) is 95.2 cm³/mol. The average Bonchev–Trinajstić information content (AvgIpc) is 2.58. The van der Waals surface area contributed by atoms with E-state index in [0.29, 0.717) is 35.7 Å². The minimum Gasteiger partial charge on any atom is -0.366 e. The second-order valence-electron chi connectivity index (χ2n) is 6.35. The Morgan fingerprint density at radius 2 is 1.70 bits per heavy atom. The number of nitrogens with two attached hydrogens (primary N) is 1. The minimum absolute atomic E-state index is 0.0444. The zero-order valence-electron chi connectivity index (χ0n) is 14.3. The number of nitrogens with one attached hydrogen (secondary N) is 2. The molecule has 142 valence electrons. The van der Waals surface area contributed by atoms with Crippen LogP contribution < -0.4 is 16.4 Å². The number of hydrogen-bond acceptors (Lipinski definition) is 5. The van der Waals surface area contributed by atoms with Crippen LogP contribution in [0.5, 0.6) is 0 Å². The molecule has 4 N–H and O–H groups in total. The molecule has 9 heteroatoms. The van der Waals surface area contributed by atoms with Gasteiger partial charge in [-0.1, -0.05) is 6.58 Å². The summed E-state index contributed by atoms with van der Waals surface area (Å²) in [5, 5.41) is 6.18. The van der Waals surface area contributed by atoms with Gasteiger partial charge in [0.1, 0.15) is 0 Å². The van der Waals surface area contributed by atoms with E-state index in [-0.39, 0.29) is 12.0 Å². The van der Waals surface area contributed by atoms with Gasteiger partial charge in [0, 0.05) is 29.7 Å². The number of amides is 1. The van der Waals surface area contributed by atoms with Crippen LogP contribution in [0.4, 0.5) is 30.5 Å². The lowest BCUT2D eigenvalue weighted by Crippen LogP contribution is -2.39. The van der Waals surface area contributed by atoms with Gasteiger partial charge in [0.15, 0.2) is 11.6 Å². The van der Waals surface area contributed by atoms with Crippen LogP contribution in [-0.2, 0) is 11.0 Å². The van der Waals surface area contributed by atoms with E-state index < -0.39 is 17.6 Å². The molecule has 0 atom stereocenters. The zero-order chi connectivity index (χ0) is 19.6. The third kappa shape index (κ3) is 4.36. The fraction of sp³-hybridized carbons (Fsp3) is 0.278. The number of carbonyl (C=O) groups excluding carboxylic acids is 1. The van der Waals surface area contributed by atoms with Crippen LogP contribution in [0.25, 0.3) is 0 Å². The highest BCUT2D eigenvalue weighted by Crippen LogP contribution is 2.36. The number of halogens is 3. The molecule has 1 heterocycles. The monoisotopic (exact) mass is 377 g/mol. The highest BCUT2D eigenvalue weighted by Gasteiger charge is 2.33. The number of anilines is 3. The van der Waals surface area contributed by atoms with Crippen molar-refractivity contribution in [2.75, 3.05) is 10.6 Å². The highest BCUT2D eigenvalue weighted by atomic mass is 19.4. The van der Waals surface area contributed by atoms with Crippen molar-refractivity contribution in [1.29, 1.82) is 0 Å². The summed E-state index contributed by atoms with van der Waals surface area (Å²) < 4.78 is 37.9. The second kappa shape index (κ2) is 7.26. The number of hydrogen-bond donors (Lipinski definition) is 3. The van der Waals surface area contributed by atoms with E-state index in [9.17, 15) is 18.0 Å². The van der Waals surface area contributed by atoms with Gasteiger partial charge in [-0.3, -0.25) is 4.79 Å². The Bertz CT molecular complexity index is 845.